The highest BCUT2D eigenvalue weighted by Gasteiger charge is 2.28. The number of carbonyl (C=O) groups excluding carboxylic acids is 1. The van der Waals surface area contributed by atoms with E-state index in [9.17, 15) is 13.2 Å². The van der Waals surface area contributed by atoms with Crippen LogP contribution < -0.4 is 10.1 Å². The van der Waals surface area contributed by atoms with Gasteiger partial charge >= 0.3 is 0 Å². The highest BCUT2D eigenvalue weighted by Crippen LogP contribution is 2.28. The van der Waals surface area contributed by atoms with Gasteiger partial charge in [-0.1, -0.05) is 12.1 Å². The van der Waals surface area contributed by atoms with Crippen LogP contribution in [0.2, 0.25) is 0 Å². The van der Waals surface area contributed by atoms with Crippen LogP contribution in [0, 0.1) is 0 Å². The number of ether oxygens (including phenoxy) is 1. The van der Waals surface area contributed by atoms with Crippen molar-refractivity contribution in [3.8, 4) is 5.75 Å². The van der Waals surface area contributed by atoms with Crippen LogP contribution in [-0.4, -0.2) is 32.3 Å². The quantitative estimate of drug-likeness (QED) is 0.671. The summed E-state index contributed by atoms with van der Waals surface area (Å²) in [4.78, 5) is 13.2. The molecule has 4 rings (SSSR count). The molecule has 3 aromatic rings. The van der Waals surface area contributed by atoms with E-state index in [0.717, 1.165) is 11.1 Å². The fourth-order valence-corrected chi connectivity index (χ4v) is 5.35. The first kappa shape index (κ1) is 19.6. The molecule has 150 valence electrons. The summed E-state index contributed by atoms with van der Waals surface area (Å²) in [5.74, 6) is 0.442. The molecule has 0 saturated carbocycles. The Bertz CT molecular complexity index is 1120. The van der Waals surface area contributed by atoms with Crippen LogP contribution >= 0.6 is 11.3 Å². The first-order valence-electron chi connectivity index (χ1n) is 9.08. The van der Waals surface area contributed by atoms with E-state index in [1.54, 1.807) is 37.4 Å². The van der Waals surface area contributed by atoms with Gasteiger partial charge in [0.2, 0.25) is 10.0 Å². The van der Waals surface area contributed by atoms with Gasteiger partial charge in [-0.15, -0.1) is 11.3 Å². The zero-order valence-electron chi connectivity index (χ0n) is 15.8. The Morgan fingerprint density at radius 2 is 1.90 bits per heavy atom. The summed E-state index contributed by atoms with van der Waals surface area (Å²) in [6, 6.07) is 15.7. The molecule has 8 heteroatoms. The summed E-state index contributed by atoms with van der Waals surface area (Å²) in [6.07, 6.45) is 0.629. The number of anilines is 1. The van der Waals surface area contributed by atoms with Crippen molar-refractivity contribution in [1.82, 2.24) is 4.31 Å². The van der Waals surface area contributed by atoms with Gasteiger partial charge in [-0.05, 0) is 65.4 Å². The fourth-order valence-electron chi connectivity index (χ4n) is 3.31. The molecule has 0 atom stereocenters. The average molecular weight is 429 g/mol. The number of carbonyl (C=O) groups is 1. The number of nitrogens with zero attached hydrogens (tertiary/aromatic N) is 1. The molecular weight excluding hydrogens is 408 g/mol. The Hall–Kier alpha value is -2.68. The molecule has 0 unspecified atom stereocenters. The average Bonchev–Trinajstić information content (AvgIpc) is 3.28. The minimum absolute atomic E-state index is 0.168. The van der Waals surface area contributed by atoms with Gasteiger partial charge in [-0.3, -0.25) is 4.79 Å². The maximum absolute atomic E-state index is 13.0. The van der Waals surface area contributed by atoms with E-state index >= 15 is 0 Å². The Morgan fingerprint density at radius 1 is 1.10 bits per heavy atom. The van der Waals surface area contributed by atoms with Crippen molar-refractivity contribution >= 4 is 33.0 Å². The second kappa shape index (κ2) is 7.98. The first-order valence-corrected chi connectivity index (χ1v) is 11.4. The number of hydrogen-bond donors (Lipinski definition) is 1. The van der Waals surface area contributed by atoms with Crippen molar-refractivity contribution in [2.24, 2.45) is 0 Å². The molecule has 1 aliphatic rings. The van der Waals surface area contributed by atoms with E-state index in [2.05, 4.69) is 5.32 Å². The lowest BCUT2D eigenvalue weighted by molar-refractivity contribution is 0.103. The number of methoxy groups -OCH3 is 1. The maximum atomic E-state index is 13.0. The molecule has 0 saturated heterocycles. The topological polar surface area (TPSA) is 75.7 Å². The fraction of sp³-hybridized carbons (Fsp3) is 0.190. The van der Waals surface area contributed by atoms with Gasteiger partial charge in [-0.25, -0.2) is 8.42 Å². The van der Waals surface area contributed by atoms with Gasteiger partial charge in [0.15, 0.2) is 0 Å². The normalized spacial score (nSPS) is 14.2. The predicted octanol–water partition coefficient (Wildman–Crippen LogP) is 3.76. The number of thiophene rings is 1. The van der Waals surface area contributed by atoms with Crippen LogP contribution in [0.3, 0.4) is 0 Å². The van der Waals surface area contributed by atoms with E-state index in [4.69, 9.17) is 4.74 Å². The Morgan fingerprint density at radius 3 is 2.59 bits per heavy atom. The lowest BCUT2D eigenvalue weighted by atomic mass is 10.0. The summed E-state index contributed by atoms with van der Waals surface area (Å²) in [6.45, 7) is 0.689. The van der Waals surface area contributed by atoms with Crippen molar-refractivity contribution in [2.75, 3.05) is 19.0 Å². The van der Waals surface area contributed by atoms with Crippen LogP contribution in [-0.2, 0) is 23.0 Å². The highest BCUT2D eigenvalue weighted by atomic mass is 32.2. The molecule has 0 fully saturated rings. The standard InChI is InChI=1S/C21H20N2O4S2/c1-27-18-6-8-19(9-7-18)29(25,26)23-11-10-15-4-5-17(13-16(15)14-23)22-21(24)20-3-2-12-28-20/h2-9,12-13H,10-11,14H2,1H3,(H,22,24). The van der Waals surface area contributed by atoms with E-state index in [-0.39, 0.29) is 17.3 Å². The summed E-state index contributed by atoms with van der Waals surface area (Å²) >= 11 is 1.37. The molecule has 29 heavy (non-hydrogen) atoms. The van der Waals surface area contributed by atoms with Crippen molar-refractivity contribution in [2.45, 2.75) is 17.9 Å². The third-order valence-corrected chi connectivity index (χ3v) is 7.61. The lowest BCUT2D eigenvalue weighted by Crippen LogP contribution is -2.36. The molecule has 1 amide bonds. The summed E-state index contributed by atoms with van der Waals surface area (Å²) in [5.41, 5.74) is 2.66. The number of hydrogen-bond acceptors (Lipinski definition) is 5. The van der Waals surface area contributed by atoms with Crippen LogP contribution in [0.1, 0.15) is 20.8 Å². The number of benzene rings is 2. The molecule has 0 spiro atoms. The number of sulfonamides is 1. The Kier molecular flexibility index (Phi) is 5.40. The van der Waals surface area contributed by atoms with Gasteiger partial charge in [0.05, 0.1) is 16.9 Å². The van der Waals surface area contributed by atoms with Crippen LogP contribution in [0.5, 0.6) is 5.75 Å². The van der Waals surface area contributed by atoms with Gasteiger partial charge in [0, 0.05) is 18.8 Å². The maximum Gasteiger partial charge on any atom is 0.265 e. The highest BCUT2D eigenvalue weighted by molar-refractivity contribution is 7.89. The Labute approximate surface area is 173 Å². The zero-order chi connectivity index (χ0) is 20.4. The van der Waals surface area contributed by atoms with Gasteiger partial charge in [0.25, 0.3) is 5.91 Å². The summed E-state index contributed by atoms with van der Waals surface area (Å²) in [7, 11) is -2.07. The van der Waals surface area contributed by atoms with E-state index < -0.39 is 10.0 Å². The Balaban J connectivity index is 1.54. The van der Waals surface area contributed by atoms with Crippen LogP contribution in [0.4, 0.5) is 5.69 Å². The van der Waals surface area contributed by atoms with E-state index in [1.807, 2.05) is 29.6 Å². The molecule has 0 aliphatic carbocycles. The van der Waals surface area contributed by atoms with Gasteiger partial charge < -0.3 is 10.1 Å². The third-order valence-electron chi connectivity index (χ3n) is 4.88. The van der Waals surface area contributed by atoms with E-state index in [1.165, 1.54) is 15.6 Å². The number of amides is 1. The predicted molar refractivity (Wildman–Crippen MR) is 113 cm³/mol. The van der Waals surface area contributed by atoms with Crippen LogP contribution in [0.25, 0.3) is 0 Å². The number of nitrogens with one attached hydrogen (secondary N) is 1. The monoisotopic (exact) mass is 428 g/mol. The number of fused-ring (bicyclic) bond motifs is 1. The molecule has 1 aliphatic heterocycles. The second-order valence-electron chi connectivity index (χ2n) is 6.68. The molecule has 2 heterocycles. The third kappa shape index (κ3) is 4.05. The van der Waals surface area contributed by atoms with Gasteiger partial charge in [-0.2, -0.15) is 4.31 Å². The van der Waals surface area contributed by atoms with Crippen LogP contribution in [0.15, 0.2) is 64.9 Å². The second-order valence-corrected chi connectivity index (χ2v) is 9.56. The lowest BCUT2D eigenvalue weighted by Gasteiger charge is -2.28. The molecule has 0 bridgehead atoms. The molecule has 0 radical (unpaired) electrons. The smallest absolute Gasteiger partial charge is 0.265 e. The minimum atomic E-state index is -3.61. The number of rotatable bonds is 5. The van der Waals surface area contributed by atoms with E-state index in [0.29, 0.717) is 29.3 Å². The molecular formula is C21H20N2O4S2. The largest absolute Gasteiger partial charge is 0.497 e. The summed E-state index contributed by atoms with van der Waals surface area (Å²) in [5, 5.41) is 4.73. The van der Waals surface area contributed by atoms with Gasteiger partial charge in [0.1, 0.15) is 5.75 Å². The van der Waals surface area contributed by atoms with Crippen molar-refractivity contribution in [3.05, 3.63) is 76.0 Å². The van der Waals surface area contributed by atoms with Crippen molar-refractivity contribution in [3.63, 3.8) is 0 Å². The first-order chi connectivity index (χ1) is 14.0. The molecule has 1 N–H and O–H groups in total. The summed E-state index contributed by atoms with van der Waals surface area (Å²) < 4.78 is 32.6. The molecule has 6 nitrogen and oxygen atoms in total. The minimum Gasteiger partial charge on any atom is -0.497 e. The van der Waals surface area contributed by atoms with Crippen molar-refractivity contribution in [1.29, 1.82) is 0 Å². The van der Waals surface area contributed by atoms with Crippen molar-refractivity contribution < 1.29 is 17.9 Å². The molecule has 2 aromatic carbocycles. The zero-order valence-corrected chi connectivity index (χ0v) is 17.4. The molecule has 1 aromatic heterocycles. The SMILES string of the molecule is COc1ccc(S(=O)(=O)N2CCc3ccc(NC(=O)c4cccs4)cc3C2)cc1.